The molecular formula is C12H12ClN3OS. The Bertz CT molecular complexity index is 582. The fraction of sp³-hybridized carbons (Fsp3) is 0.250. The van der Waals surface area contributed by atoms with Crippen molar-refractivity contribution < 1.29 is 4.79 Å². The van der Waals surface area contributed by atoms with Crippen molar-refractivity contribution in [2.75, 3.05) is 5.32 Å². The van der Waals surface area contributed by atoms with Crippen LogP contribution < -0.4 is 5.32 Å². The van der Waals surface area contributed by atoms with Crippen molar-refractivity contribution in [3.63, 3.8) is 0 Å². The smallest absolute Gasteiger partial charge is 0.225 e. The number of nitrogens with zero attached hydrogens (tertiary/aromatic N) is 2. The normalized spacial score (nSPS) is 10.4. The molecule has 2 rings (SSSR count). The Balaban J connectivity index is 2.38. The van der Waals surface area contributed by atoms with Gasteiger partial charge in [0.25, 0.3) is 0 Å². The summed E-state index contributed by atoms with van der Waals surface area (Å²) >= 11 is 7.50. The Morgan fingerprint density at radius 1 is 1.50 bits per heavy atom. The van der Waals surface area contributed by atoms with Crippen molar-refractivity contribution in [3.8, 4) is 10.7 Å². The number of halogens is 1. The van der Waals surface area contributed by atoms with E-state index >= 15 is 0 Å². The van der Waals surface area contributed by atoms with Crippen LogP contribution in [0.5, 0.6) is 0 Å². The zero-order chi connectivity index (χ0) is 13.1. The molecule has 0 bridgehead atoms. The van der Waals surface area contributed by atoms with Crippen molar-refractivity contribution >= 4 is 34.7 Å². The lowest BCUT2D eigenvalue weighted by Gasteiger charge is -2.05. The molecule has 0 atom stereocenters. The summed E-state index contributed by atoms with van der Waals surface area (Å²) < 4.78 is 0. The van der Waals surface area contributed by atoms with E-state index in [0.717, 1.165) is 10.4 Å². The van der Waals surface area contributed by atoms with Gasteiger partial charge in [0.1, 0.15) is 11.0 Å². The maximum Gasteiger partial charge on any atom is 0.225 e. The topological polar surface area (TPSA) is 54.9 Å². The number of carbonyl (C=O) groups excluding carboxylic acids is 1. The second-order valence-corrected chi connectivity index (χ2v) is 5.04. The van der Waals surface area contributed by atoms with Gasteiger partial charge in [0.2, 0.25) is 5.91 Å². The van der Waals surface area contributed by atoms with Crippen molar-refractivity contribution in [3.05, 3.63) is 28.2 Å². The molecule has 0 aliphatic carbocycles. The van der Waals surface area contributed by atoms with E-state index in [-0.39, 0.29) is 5.91 Å². The number of amides is 1. The lowest BCUT2D eigenvalue weighted by molar-refractivity contribution is -0.115. The number of carbonyl (C=O) groups is 1. The van der Waals surface area contributed by atoms with Crippen molar-refractivity contribution in [1.29, 1.82) is 0 Å². The van der Waals surface area contributed by atoms with Crippen molar-refractivity contribution in [2.45, 2.75) is 20.3 Å². The van der Waals surface area contributed by atoms with Gasteiger partial charge in [-0.05, 0) is 23.9 Å². The molecule has 0 spiro atoms. The highest BCUT2D eigenvalue weighted by Gasteiger charge is 2.10. The van der Waals surface area contributed by atoms with Crippen molar-refractivity contribution in [2.24, 2.45) is 0 Å². The Hall–Kier alpha value is -1.46. The molecule has 2 aromatic rings. The van der Waals surface area contributed by atoms with Crippen LogP contribution in [0.3, 0.4) is 0 Å². The molecule has 0 aliphatic heterocycles. The van der Waals surface area contributed by atoms with E-state index in [2.05, 4.69) is 15.3 Å². The van der Waals surface area contributed by atoms with Crippen LogP contribution in [0.25, 0.3) is 10.7 Å². The van der Waals surface area contributed by atoms with E-state index in [9.17, 15) is 4.79 Å². The molecule has 18 heavy (non-hydrogen) atoms. The minimum atomic E-state index is -0.0985. The van der Waals surface area contributed by atoms with Crippen LogP contribution in [0.1, 0.15) is 18.9 Å². The van der Waals surface area contributed by atoms with Gasteiger partial charge in [0.15, 0.2) is 5.82 Å². The standard InChI is InChI=1S/C12H12ClN3OS/c1-3-10(17)15-9-6-8(13)14-12(16-9)11-7(2)4-5-18-11/h4-6H,3H2,1-2H3,(H,14,15,16,17). The summed E-state index contributed by atoms with van der Waals surface area (Å²) in [4.78, 5) is 20.8. The molecule has 1 N–H and O–H groups in total. The zero-order valence-electron chi connectivity index (χ0n) is 10.0. The summed E-state index contributed by atoms with van der Waals surface area (Å²) in [6.07, 6.45) is 0.398. The van der Waals surface area contributed by atoms with Gasteiger partial charge in [-0.1, -0.05) is 18.5 Å². The second kappa shape index (κ2) is 5.46. The molecule has 94 valence electrons. The molecule has 6 heteroatoms. The zero-order valence-corrected chi connectivity index (χ0v) is 11.6. The number of thiophene rings is 1. The van der Waals surface area contributed by atoms with Gasteiger partial charge in [-0.2, -0.15) is 0 Å². The molecule has 1 amide bonds. The largest absolute Gasteiger partial charge is 0.311 e. The van der Waals surface area contributed by atoms with Crippen LogP contribution in [0.2, 0.25) is 5.15 Å². The summed E-state index contributed by atoms with van der Waals surface area (Å²) in [5.41, 5.74) is 1.09. The third-order valence-electron chi connectivity index (χ3n) is 2.35. The van der Waals surface area contributed by atoms with Crippen LogP contribution >= 0.6 is 22.9 Å². The average molecular weight is 282 g/mol. The summed E-state index contributed by atoms with van der Waals surface area (Å²) in [5.74, 6) is 0.879. The molecule has 0 fully saturated rings. The molecule has 0 aromatic carbocycles. The van der Waals surface area contributed by atoms with Gasteiger partial charge in [-0.15, -0.1) is 11.3 Å². The molecule has 0 unspecified atom stereocenters. The van der Waals surface area contributed by atoms with E-state index in [1.807, 2.05) is 18.4 Å². The summed E-state index contributed by atoms with van der Waals surface area (Å²) in [7, 11) is 0. The minimum Gasteiger partial charge on any atom is -0.311 e. The number of aryl methyl sites for hydroxylation is 1. The third kappa shape index (κ3) is 2.86. The van der Waals surface area contributed by atoms with Crippen LogP contribution in [-0.2, 0) is 4.79 Å². The van der Waals surface area contributed by atoms with Gasteiger partial charge in [-0.25, -0.2) is 9.97 Å². The maximum absolute atomic E-state index is 11.3. The predicted octanol–water partition coefficient (Wildman–Crippen LogP) is 3.52. The first-order chi connectivity index (χ1) is 8.60. The van der Waals surface area contributed by atoms with Gasteiger partial charge in [0.05, 0.1) is 4.88 Å². The second-order valence-electron chi connectivity index (χ2n) is 3.73. The van der Waals surface area contributed by atoms with Gasteiger partial charge in [-0.3, -0.25) is 4.79 Å². The summed E-state index contributed by atoms with van der Waals surface area (Å²) in [6, 6.07) is 3.54. The first-order valence-corrected chi connectivity index (χ1v) is 6.74. The molecule has 2 aromatic heterocycles. The lowest BCUT2D eigenvalue weighted by atomic mass is 10.3. The van der Waals surface area contributed by atoms with E-state index in [0.29, 0.717) is 23.2 Å². The third-order valence-corrected chi connectivity index (χ3v) is 3.55. The fourth-order valence-electron chi connectivity index (χ4n) is 1.42. The highest BCUT2D eigenvalue weighted by Crippen LogP contribution is 2.28. The Morgan fingerprint density at radius 2 is 2.28 bits per heavy atom. The Morgan fingerprint density at radius 3 is 2.89 bits per heavy atom. The van der Waals surface area contributed by atoms with E-state index < -0.39 is 0 Å². The lowest BCUT2D eigenvalue weighted by Crippen LogP contribution is -2.11. The van der Waals surface area contributed by atoms with Crippen LogP contribution in [0.4, 0.5) is 5.82 Å². The quantitative estimate of drug-likeness (QED) is 0.876. The van der Waals surface area contributed by atoms with E-state index in [1.165, 1.54) is 0 Å². The minimum absolute atomic E-state index is 0.0985. The summed E-state index contributed by atoms with van der Waals surface area (Å²) in [5, 5.41) is 4.97. The first kappa shape index (κ1) is 13.0. The fourth-order valence-corrected chi connectivity index (χ4v) is 2.46. The average Bonchev–Trinajstić information content (AvgIpc) is 2.74. The van der Waals surface area contributed by atoms with E-state index in [4.69, 9.17) is 11.6 Å². The molecule has 0 aliphatic rings. The molecular weight excluding hydrogens is 270 g/mol. The molecule has 0 saturated heterocycles. The van der Waals surface area contributed by atoms with Crippen LogP contribution in [0, 0.1) is 6.92 Å². The number of rotatable bonds is 3. The monoisotopic (exact) mass is 281 g/mol. The molecule has 2 heterocycles. The number of anilines is 1. The number of hydrogen-bond acceptors (Lipinski definition) is 4. The van der Waals surface area contributed by atoms with Gasteiger partial charge < -0.3 is 5.32 Å². The van der Waals surface area contributed by atoms with Crippen molar-refractivity contribution in [1.82, 2.24) is 9.97 Å². The SMILES string of the molecule is CCC(=O)Nc1cc(Cl)nc(-c2sccc2C)n1. The maximum atomic E-state index is 11.3. The Kier molecular flexibility index (Phi) is 3.93. The van der Waals surface area contributed by atoms with Gasteiger partial charge in [0, 0.05) is 12.5 Å². The first-order valence-electron chi connectivity index (χ1n) is 5.49. The number of hydrogen-bond donors (Lipinski definition) is 1. The van der Waals surface area contributed by atoms with Crippen LogP contribution in [0.15, 0.2) is 17.5 Å². The highest BCUT2D eigenvalue weighted by atomic mass is 35.5. The van der Waals surface area contributed by atoms with Gasteiger partial charge >= 0.3 is 0 Å². The molecule has 4 nitrogen and oxygen atoms in total. The number of aromatic nitrogens is 2. The summed E-state index contributed by atoms with van der Waals surface area (Å²) in [6.45, 7) is 3.77. The van der Waals surface area contributed by atoms with Crippen LogP contribution in [-0.4, -0.2) is 15.9 Å². The number of nitrogens with one attached hydrogen (secondary N) is 1. The molecule has 0 radical (unpaired) electrons. The van der Waals surface area contributed by atoms with E-state index in [1.54, 1.807) is 24.3 Å². The highest BCUT2D eigenvalue weighted by molar-refractivity contribution is 7.13. The Labute approximate surface area is 114 Å². The predicted molar refractivity (Wildman–Crippen MR) is 74.0 cm³/mol. The molecule has 0 saturated carbocycles.